The van der Waals surface area contributed by atoms with Gasteiger partial charge in [-0.3, -0.25) is 4.79 Å². The van der Waals surface area contributed by atoms with E-state index in [1.165, 1.54) is 0 Å². The first-order chi connectivity index (χ1) is 5.87. The number of carbonyl (C=O) groups excluding carboxylic acids is 1. The molecule has 2 atom stereocenters. The maximum absolute atomic E-state index is 12.6. The molecular weight excluding hydrogens is 190 g/mol. The van der Waals surface area contributed by atoms with Gasteiger partial charge in [-0.15, -0.1) is 0 Å². The van der Waals surface area contributed by atoms with Gasteiger partial charge in [-0.1, -0.05) is 0 Å². The Morgan fingerprint density at radius 2 is 1.77 bits per heavy atom. The van der Waals surface area contributed by atoms with E-state index in [9.17, 15) is 13.6 Å². The Kier molecular flexibility index (Phi) is 4.34. The van der Waals surface area contributed by atoms with E-state index < -0.39 is 37.1 Å². The highest BCUT2D eigenvalue weighted by atomic mass is 19.3. The summed E-state index contributed by atoms with van der Waals surface area (Å²) in [4.78, 5) is 10.3. The molecule has 0 bridgehead atoms. The molecule has 5 nitrogen and oxygen atoms in total. The Bertz CT molecular complexity index is 184. The summed E-state index contributed by atoms with van der Waals surface area (Å²) in [5, 5.41) is 33.5. The van der Waals surface area contributed by atoms with Gasteiger partial charge >= 0.3 is 5.92 Å². The fraction of sp³-hybridized carbons (Fsp3) is 0.833. The van der Waals surface area contributed by atoms with Crippen molar-refractivity contribution in [2.24, 2.45) is 0 Å². The molecule has 4 N–H and O–H groups in total. The molecule has 13 heavy (non-hydrogen) atoms. The topological polar surface area (TPSA) is 98.0 Å². The van der Waals surface area contributed by atoms with Crippen molar-refractivity contribution in [3.05, 3.63) is 0 Å². The molecular formula is C6H10F2O5. The van der Waals surface area contributed by atoms with Crippen molar-refractivity contribution in [3.8, 4) is 0 Å². The summed E-state index contributed by atoms with van der Waals surface area (Å²) in [5.74, 6) is -6.16. The molecule has 0 aliphatic heterocycles. The minimum Gasteiger partial charge on any atom is -0.394 e. The van der Waals surface area contributed by atoms with Crippen molar-refractivity contribution in [2.75, 3.05) is 13.2 Å². The van der Waals surface area contributed by atoms with Crippen LogP contribution in [0.4, 0.5) is 8.78 Å². The van der Waals surface area contributed by atoms with E-state index in [2.05, 4.69) is 0 Å². The van der Waals surface area contributed by atoms with Crippen molar-refractivity contribution in [2.45, 2.75) is 18.1 Å². The van der Waals surface area contributed by atoms with Crippen LogP contribution in [0.3, 0.4) is 0 Å². The number of aliphatic hydroxyl groups is 4. The van der Waals surface area contributed by atoms with Crippen molar-refractivity contribution >= 4 is 5.78 Å². The summed E-state index contributed by atoms with van der Waals surface area (Å²) in [6.45, 7) is -2.54. The van der Waals surface area contributed by atoms with Gasteiger partial charge in [0.05, 0.1) is 6.61 Å². The number of Topliss-reactive ketones (excluding diaryl/α,β-unsaturated/α-hetero) is 1. The molecule has 0 amide bonds. The van der Waals surface area contributed by atoms with Gasteiger partial charge in [0, 0.05) is 0 Å². The third-order valence-corrected chi connectivity index (χ3v) is 1.44. The van der Waals surface area contributed by atoms with Crippen LogP contribution in [0.2, 0.25) is 0 Å². The standard InChI is InChI=1S/C6H10F2O5/c7-6(8,4(12)2-10)5(13)3(11)1-9/h3,5,9-11,13H,1-2H2/t3-,5-/m1/s1. The lowest BCUT2D eigenvalue weighted by Gasteiger charge is -2.23. The van der Waals surface area contributed by atoms with Gasteiger partial charge in [-0.2, -0.15) is 8.78 Å². The fourth-order valence-electron chi connectivity index (χ4n) is 0.612. The molecule has 0 rings (SSSR count). The van der Waals surface area contributed by atoms with Crippen LogP contribution in [0.25, 0.3) is 0 Å². The summed E-state index contributed by atoms with van der Waals surface area (Å²) >= 11 is 0. The quantitative estimate of drug-likeness (QED) is 0.407. The van der Waals surface area contributed by atoms with Crippen LogP contribution in [-0.2, 0) is 4.79 Å². The van der Waals surface area contributed by atoms with Crippen molar-refractivity contribution in [1.82, 2.24) is 0 Å². The van der Waals surface area contributed by atoms with Crippen LogP contribution in [0.15, 0.2) is 0 Å². The summed E-state index contributed by atoms with van der Waals surface area (Å²) in [6.07, 6.45) is -4.83. The molecule has 0 heterocycles. The molecule has 0 aromatic rings. The highest BCUT2D eigenvalue weighted by molar-refractivity contribution is 5.87. The Hall–Kier alpha value is -0.630. The van der Waals surface area contributed by atoms with Crippen molar-refractivity contribution in [1.29, 1.82) is 0 Å². The van der Waals surface area contributed by atoms with E-state index in [0.29, 0.717) is 0 Å². The zero-order valence-corrected chi connectivity index (χ0v) is 6.52. The zero-order chi connectivity index (χ0) is 10.6. The van der Waals surface area contributed by atoms with Crippen molar-refractivity contribution < 1.29 is 34.0 Å². The minimum atomic E-state index is -4.25. The average Bonchev–Trinajstić information content (AvgIpc) is 2.13. The van der Waals surface area contributed by atoms with Crippen molar-refractivity contribution in [3.63, 3.8) is 0 Å². The van der Waals surface area contributed by atoms with Gasteiger partial charge in [-0.05, 0) is 0 Å². The maximum atomic E-state index is 12.6. The second-order valence-electron chi connectivity index (χ2n) is 2.40. The molecule has 7 heteroatoms. The first-order valence-electron chi connectivity index (χ1n) is 3.36. The van der Waals surface area contributed by atoms with Gasteiger partial charge in [0.2, 0.25) is 5.78 Å². The Morgan fingerprint density at radius 3 is 2.08 bits per heavy atom. The summed E-state index contributed by atoms with van der Waals surface area (Å²) < 4.78 is 25.2. The van der Waals surface area contributed by atoms with E-state index in [1.54, 1.807) is 0 Å². The predicted molar refractivity (Wildman–Crippen MR) is 36.1 cm³/mol. The van der Waals surface area contributed by atoms with Gasteiger partial charge < -0.3 is 20.4 Å². The Labute approximate surface area is 72.2 Å². The maximum Gasteiger partial charge on any atom is 0.335 e. The molecule has 0 unspecified atom stereocenters. The minimum absolute atomic E-state index is 1.10. The molecule has 0 aliphatic carbocycles. The molecule has 78 valence electrons. The van der Waals surface area contributed by atoms with Gasteiger partial charge in [0.15, 0.2) is 6.10 Å². The smallest absolute Gasteiger partial charge is 0.335 e. The average molecular weight is 200 g/mol. The van der Waals surface area contributed by atoms with Crippen LogP contribution in [0.5, 0.6) is 0 Å². The fourth-order valence-corrected chi connectivity index (χ4v) is 0.612. The normalized spacial score (nSPS) is 16.8. The van der Waals surface area contributed by atoms with E-state index in [0.717, 1.165) is 0 Å². The van der Waals surface area contributed by atoms with Crippen LogP contribution in [0, 0.1) is 0 Å². The predicted octanol–water partition coefficient (Wildman–Crippen LogP) is -2.10. The highest BCUT2D eigenvalue weighted by Gasteiger charge is 2.48. The van der Waals surface area contributed by atoms with Crippen LogP contribution >= 0.6 is 0 Å². The third kappa shape index (κ3) is 2.66. The van der Waals surface area contributed by atoms with Gasteiger partial charge in [0.1, 0.15) is 12.7 Å². The number of halogens is 2. The molecule has 0 fully saturated rings. The summed E-state index contributed by atoms with van der Waals surface area (Å²) in [6, 6.07) is 0. The zero-order valence-electron chi connectivity index (χ0n) is 6.52. The van der Waals surface area contributed by atoms with E-state index in [4.69, 9.17) is 20.4 Å². The van der Waals surface area contributed by atoms with Gasteiger partial charge in [0.25, 0.3) is 0 Å². The lowest BCUT2D eigenvalue weighted by Crippen LogP contribution is -2.50. The lowest BCUT2D eigenvalue weighted by molar-refractivity contribution is -0.180. The molecule has 0 saturated carbocycles. The van der Waals surface area contributed by atoms with E-state index >= 15 is 0 Å². The van der Waals surface area contributed by atoms with E-state index in [1.807, 2.05) is 0 Å². The second kappa shape index (κ2) is 4.56. The number of hydrogen-bond acceptors (Lipinski definition) is 5. The molecule has 0 saturated heterocycles. The molecule has 0 aromatic heterocycles. The van der Waals surface area contributed by atoms with E-state index in [-0.39, 0.29) is 0 Å². The first-order valence-corrected chi connectivity index (χ1v) is 3.36. The summed E-state index contributed by atoms with van der Waals surface area (Å²) in [7, 11) is 0. The van der Waals surface area contributed by atoms with Crippen LogP contribution < -0.4 is 0 Å². The number of hydrogen-bond donors (Lipinski definition) is 4. The third-order valence-electron chi connectivity index (χ3n) is 1.44. The number of ketones is 1. The Morgan fingerprint density at radius 1 is 1.31 bits per heavy atom. The largest absolute Gasteiger partial charge is 0.394 e. The summed E-state index contributed by atoms with van der Waals surface area (Å²) in [5.41, 5.74) is 0. The number of carbonyl (C=O) groups is 1. The highest BCUT2D eigenvalue weighted by Crippen LogP contribution is 2.22. The molecule has 0 aromatic carbocycles. The lowest BCUT2D eigenvalue weighted by atomic mass is 10.0. The Balaban J connectivity index is 4.52. The molecule has 0 spiro atoms. The number of alkyl halides is 2. The SMILES string of the molecule is O=C(CO)C(F)(F)[C@H](O)[C@H](O)CO. The van der Waals surface area contributed by atoms with Crippen LogP contribution in [-0.4, -0.2) is 57.6 Å². The molecule has 0 radical (unpaired) electrons. The van der Waals surface area contributed by atoms with Crippen LogP contribution in [0.1, 0.15) is 0 Å². The number of aliphatic hydroxyl groups excluding tert-OH is 4. The first kappa shape index (κ1) is 12.4. The van der Waals surface area contributed by atoms with Gasteiger partial charge in [-0.25, -0.2) is 0 Å². The number of rotatable bonds is 5. The second-order valence-corrected chi connectivity index (χ2v) is 2.40. The monoisotopic (exact) mass is 200 g/mol. The molecule has 0 aliphatic rings.